The summed E-state index contributed by atoms with van der Waals surface area (Å²) >= 11 is 0. The van der Waals surface area contributed by atoms with Gasteiger partial charge in [-0.05, 0) is 50.1 Å². The number of amides is 2. The average Bonchev–Trinajstić information content (AvgIpc) is 3.26. The molecule has 1 atom stereocenters. The second kappa shape index (κ2) is 7.04. The standard InChI is InChI=1S/C18H18F2N2O3/c1-11(16-3-2-8-25-16)22(13-5-6-13)17(23)10-21-18(24)12-4-7-14(19)15(20)9-12/h2-4,7-9,11,13H,5-6,10H2,1H3,(H,21,24)/t11-/m0/s1. The smallest absolute Gasteiger partial charge is 0.251 e. The summed E-state index contributed by atoms with van der Waals surface area (Å²) in [5.74, 6) is -2.34. The minimum atomic E-state index is -1.11. The Labute approximate surface area is 143 Å². The molecule has 1 N–H and O–H groups in total. The minimum Gasteiger partial charge on any atom is -0.467 e. The van der Waals surface area contributed by atoms with Gasteiger partial charge in [-0.15, -0.1) is 0 Å². The Bertz CT molecular complexity index is 773. The van der Waals surface area contributed by atoms with Gasteiger partial charge in [-0.25, -0.2) is 8.78 Å². The minimum absolute atomic E-state index is 0.0382. The quantitative estimate of drug-likeness (QED) is 0.873. The van der Waals surface area contributed by atoms with Crippen LogP contribution in [0.2, 0.25) is 0 Å². The Morgan fingerprint density at radius 2 is 2.04 bits per heavy atom. The van der Waals surface area contributed by atoms with E-state index in [1.165, 1.54) is 6.07 Å². The first-order chi connectivity index (χ1) is 12.0. The highest BCUT2D eigenvalue weighted by Gasteiger charge is 2.37. The molecule has 3 rings (SSSR count). The molecule has 0 bridgehead atoms. The van der Waals surface area contributed by atoms with Crippen LogP contribution >= 0.6 is 0 Å². The lowest BCUT2D eigenvalue weighted by atomic mass is 10.2. The molecule has 7 heteroatoms. The first-order valence-corrected chi connectivity index (χ1v) is 8.05. The summed E-state index contributed by atoms with van der Waals surface area (Å²) in [5, 5.41) is 2.46. The van der Waals surface area contributed by atoms with Crippen molar-refractivity contribution in [1.29, 1.82) is 0 Å². The van der Waals surface area contributed by atoms with Crippen molar-refractivity contribution in [1.82, 2.24) is 10.2 Å². The maximum atomic E-state index is 13.2. The van der Waals surface area contributed by atoms with E-state index in [9.17, 15) is 18.4 Å². The molecule has 2 amide bonds. The Balaban J connectivity index is 1.63. The van der Waals surface area contributed by atoms with Crippen LogP contribution in [0.5, 0.6) is 0 Å². The summed E-state index contributed by atoms with van der Waals surface area (Å²) in [6.07, 6.45) is 3.37. The van der Waals surface area contributed by atoms with Gasteiger partial charge in [0.1, 0.15) is 5.76 Å². The van der Waals surface area contributed by atoms with Crippen molar-refractivity contribution in [2.45, 2.75) is 31.8 Å². The van der Waals surface area contributed by atoms with Crippen LogP contribution in [0.15, 0.2) is 41.0 Å². The van der Waals surface area contributed by atoms with Crippen LogP contribution in [0.25, 0.3) is 0 Å². The second-order valence-corrected chi connectivity index (χ2v) is 6.04. The van der Waals surface area contributed by atoms with Crippen LogP contribution in [0.1, 0.15) is 41.9 Å². The van der Waals surface area contributed by atoms with Crippen molar-refractivity contribution < 1.29 is 22.8 Å². The Morgan fingerprint density at radius 1 is 1.28 bits per heavy atom. The number of benzene rings is 1. The number of rotatable bonds is 6. The summed E-state index contributed by atoms with van der Waals surface area (Å²) in [6.45, 7) is 1.64. The van der Waals surface area contributed by atoms with Gasteiger partial charge in [0.2, 0.25) is 5.91 Å². The van der Waals surface area contributed by atoms with Gasteiger partial charge in [0.05, 0.1) is 18.8 Å². The topological polar surface area (TPSA) is 62.6 Å². The molecule has 25 heavy (non-hydrogen) atoms. The molecule has 0 aliphatic heterocycles. The zero-order chi connectivity index (χ0) is 18.0. The third-order valence-corrected chi connectivity index (χ3v) is 4.18. The Hall–Kier alpha value is -2.70. The SMILES string of the molecule is C[C@@H](c1ccco1)N(C(=O)CNC(=O)c1ccc(F)c(F)c1)C1CC1. The number of carbonyl (C=O) groups excluding carboxylic acids is 2. The van der Waals surface area contributed by atoms with Gasteiger partial charge in [0, 0.05) is 11.6 Å². The van der Waals surface area contributed by atoms with Crippen LogP contribution in [0.4, 0.5) is 8.78 Å². The first kappa shape index (κ1) is 17.1. The normalized spacial score (nSPS) is 14.8. The maximum absolute atomic E-state index is 13.2. The molecule has 1 aliphatic rings. The average molecular weight is 348 g/mol. The lowest BCUT2D eigenvalue weighted by molar-refractivity contribution is -0.133. The predicted molar refractivity (Wildman–Crippen MR) is 85.7 cm³/mol. The van der Waals surface area contributed by atoms with Gasteiger partial charge in [-0.2, -0.15) is 0 Å². The van der Waals surface area contributed by atoms with Crippen molar-refractivity contribution in [3.05, 3.63) is 59.6 Å². The number of halogens is 2. The molecule has 1 heterocycles. The van der Waals surface area contributed by atoms with E-state index in [4.69, 9.17) is 4.42 Å². The van der Waals surface area contributed by atoms with Gasteiger partial charge in [-0.1, -0.05) is 0 Å². The zero-order valence-corrected chi connectivity index (χ0v) is 13.7. The number of nitrogens with zero attached hydrogens (tertiary/aromatic N) is 1. The maximum Gasteiger partial charge on any atom is 0.251 e. The van der Waals surface area contributed by atoms with Crippen molar-refractivity contribution in [3.63, 3.8) is 0 Å². The molecule has 0 spiro atoms. The predicted octanol–water partition coefficient (Wildman–Crippen LogP) is 3.04. The van der Waals surface area contributed by atoms with Gasteiger partial charge in [-0.3, -0.25) is 9.59 Å². The number of furan rings is 1. The molecule has 132 valence electrons. The number of carbonyl (C=O) groups is 2. The van der Waals surface area contributed by atoms with E-state index in [1.807, 2.05) is 6.92 Å². The fraction of sp³-hybridized carbons (Fsp3) is 0.333. The van der Waals surface area contributed by atoms with E-state index < -0.39 is 17.5 Å². The fourth-order valence-corrected chi connectivity index (χ4v) is 2.74. The van der Waals surface area contributed by atoms with Crippen LogP contribution in [0, 0.1) is 11.6 Å². The van der Waals surface area contributed by atoms with Gasteiger partial charge >= 0.3 is 0 Å². The van der Waals surface area contributed by atoms with Crippen LogP contribution in [-0.4, -0.2) is 29.3 Å². The summed E-state index contributed by atoms with van der Waals surface area (Å²) in [7, 11) is 0. The highest BCUT2D eigenvalue weighted by Crippen LogP contribution is 2.34. The number of hydrogen-bond donors (Lipinski definition) is 1. The van der Waals surface area contributed by atoms with E-state index in [0.717, 1.165) is 25.0 Å². The number of nitrogens with one attached hydrogen (secondary N) is 1. The zero-order valence-electron chi connectivity index (χ0n) is 13.7. The molecule has 0 saturated heterocycles. The molecule has 1 aliphatic carbocycles. The van der Waals surface area contributed by atoms with Crippen LogP contribution in [-0.2, 0) is 4.79 Å². The van der Waals surface area contributed by atoms with Crippen molar-refractivity contribution in [3.8, 4) is 0 Å². The monoisotopic (exact) mass is 348 g/mol. The molecule has 5 nitrogen and oxygen atoms in total. The summed E-state index contributed by atoms with van der Waals surface area (Å²) < 4.78 is 31.5. The van der Waals surface area contributed by atoms with E-state index in [-0.39, 0.29) is 30.1 Å². The van der Waals surface area contributed by atoms with Gasteiger partial charge in [0.25, 0.3) is 5.91 Å². The van der Waals surface area contributed by atoms with E-state index in [0.29, 0.717) is 5.76 Å². The molecule has 2 aromatic rings. The lowest BCUT2D eigenvalue weighted by Gasteiger charge is -2.28. The van der Waals surface area contributed by atoms with E-state index >= 15 is 0 Å². The molecule has 1 saturated carbocycles. The Morgan fingerprint density at radius 3 is 2.64 bits per heavy atom. The van der Waals surface area contributed by atoms with Crippen molar-refractivity contribution in [2.75, 3.05) is 6.54 Å². The molecule has 1 aromatic heterocycles. The summed E-state index contributed by atoms with van der Waals surface area (Å²) in [5.41, 5.74) is -0.0382. The van der Waals surface area contributed by atoms with E-state index in [2.05, 4.69) is 5.32 Å². The largest absolute Gasteiger partial charge is 0.467 e. The van der Waals surface area contributed by atoms with Gasteiger partial charge < -0.3 is 14.6 Å². The highest BCUT2D eigenvalue weighted by atomic mass is 19.2. The molecular formula is C18H18F2N2O3. The summed E-state index contributed by atoms with van der Waals surface area (Å²) in [4.78, 5) is 26.3. The van der Waals surface area contributed by atoms with Crippen LogP contribution < -0.4 is 5.32 Å². The highest BCUT2D eigenvalue weighted by molar-refractivity contribution is 5.96. The second-order valence-electron chi connectivity index (χ2n) is 6.04. The molecule has 1 aromatic carbocycles. The first-order valence-electron chi connectivity index (χ1n) is 8.05. The lowest BCUT2D eigenvalue weighted by Crippen LogP contribution is -2.42. The van der Waals surface area contributed by atoms with E-state index in [1.54, 1.807) is 23.3 Å². The number of hydrogen-bond acceptors (Lipinski definition) is 3. The molecule has 0 unspecified atom stereocenters. The molecular weight excluding hydrogens is 330 g/mol. The summed E-state index contributed by atoms with van der Waals surface area (Å²) in [6, 6.07) is 6.30. The van der Waals surface area contributed by atoms with Crippen LogP contribution in [0.3, 0.4) is 0 Å². The Kier molecular flexibility index (Phi) is 4.83. The van der Waals surface area contributed by atoms with Crippen molar-refractivity contribution >= 4 is 11.8 Å². The molecule has 1 fully saturated rings. The third-order valence-electron chi connectivity index (χ3n) is 4.18. The fourth-order valence-electron chi connectivity index (χ4n) is 2.74. The van der Waals surface area contributed by atoms with Crippen molar-refractivity contribution in [2.24, 2.45) is 0 Å². The van der Waals surface area contributed by atoms with Gasteiger partial charge in [0.15, 0.2) is 11.6 Å². The molecule has 0 radical (unpaired) electrons. The third kappa shape index (κ3) is 3.87.